The molecule has 8 heteroatoms. The van der Waals surface area contributed by atoms with Crippen LogP contribution in [0.2, 0.25) is 0 Å². The Morgan fingerprint density at radius 1 is 0.830 bits per heavy atom. The van der Waals surface area contributed by atoms with Crippen LogP contribution in [0.25, 0.3) is 22.6 Å². The number of aliphatic hydroxyl groups is 1. The van der Waals surface area contributed by atoms with Gasteiger partial charge in [0, 0.05) is 29.7 Å². The van der Waals surface area contributed by atoms with Crippen molar-refractivity contribution < 1.29 is 28.6 Å². The third kappa shape index (κ3) is 17.8. The largest absolute Gasteiger partial charge is 0.431 e. The van der Waals surface area contributed by atoms with Gasteiger partial charge in [-0.25, -0.2) is 4.98 Å². The van der Waals surface area contributed by atoms with E-state index in [0.717, 1.165) is 85.3 Å². The lowest BCUT2D eigenvalue weighted by atomic mass is 10.1. The number of carbonyl (C=O) groups is 2. The number of nitrogens with zero attached hydrogens (tertiary/aromatic N) is 1. The minimum atomic E-state index is 0.140. The number of Topliss-reactive ketones (excluding diaryl/α,β-unsaturated/α-hetero) is 1. The van der Waals surface area contributed by atoms with Crippen LogP contribution >= 0.6 is 11.8 Å². The molecule has 0 saturated carbocycles. The van der Waals surface area contributed by atoms with Gasteiger partial charge in [-0.1, -0.05) is 152 Å². The number of ether oxygens (including phenoxy) is 2. The lowest BCUT2D eigenvalue weighted by Crippen LogP contribution is -2.25. The van der Waals surface area contributed by atoms with Gasteiger partial charge in [-0.05, 0) is 50.7 Å². The van der Waals surface area contributed by atoms with Crippen molar-refractivity contribution in [1.82, 2.24) is 4.98 Å². The Kier molecular flexibility index (Phi) is 21.5. The summed E-state index contributed by atoms with van der Waals surface area (Å²) in [5.41, 5.74) is 6.68. The molecule has 0 spiro atoms. The summed E-state index contributed by atoms with van der Waals surface area (Å²) in [6.07, 6.45) is 8.65. The van der Waals surface area contributed by atoms with E-state index in [-0.39, 0.29) is 18.5 Å². The van der Waals surface area contributed by atoms with Crippen LogP contribution in [0, 0.1) is 6.92 Å². The molecule has 0 bridgehead atoms. The van der Waals surface area contributed by atoms with Gasteiger partial charge in [-0.2, -0.15) is 0 Å². The molecule has 5 aromatic rings. The Morgan fingerprint density at radius 3 is 2.00 bits per heavy atom. The van der Waals surface area contributed by atoms with Crippen LogP contribution in [0.4, 0.5) is 0 Å². The lowest BCUT2D eigenvalue weighted by molar-refractivity contribution is -0.130. The van der Waals surface area contributed by atoms with Crippen molar-refractivity contribution in [3.8, 4) is 22.6 Å². The minimum absolute atomic E-state index is 0.140. The Morgan fingerprint density at radius 2 is 1.45 bits per heavy atom. The molecular weight excluding hydrogens is 683 g/mol. The van der Waals surface area contributed by atoms with Crippen molar-refractivity contribution in [2.75, 3.05) is 19.2 Å². The van der Waals surface area contributed by atoms with E-state index in [9.17, 15) is 9.59 Å². The topological polar surface area (TPSA) is 98.9 Å². The molecule has 7 nitrogen and oxygen atoms in total. The van der Waals surface area contributed by atoms with E-state index >= 15 is 0 Å². The first kappa shape index (κ1) is 43.1. The van der Waals surface area contributed by atoms with Crippen LogP contribution in [0.1, 0.15) is 75.5 Å². The van der Waals surface area contributed by atoms with Gasteiger partial charge in [0.1, 0.15) is 24.6 Å². The van der Waals surface area contributed by atoms with Crippen LogP contribution in [-0.2, 0) is 32.1 Å². The molecular formula is C45H55NO6S. The first-order valence-electron chi connectivity index (χ1n) is 18.5. The first-order chi connectivity index (χ1) is 25.9. The van der Waals surface area contributed by atoms with E-state index in [4.69, 9.17) is 24.0 Å². The van der Waals surface area contributed by atoms with E-state index in [1.54, 1.807) is 18.7 Å². The Labute approximate surface area is 320 Å². The number of unbranched alkanes of at least 4 members (excludes halogenated alkanes) is 4. The van der Waals surface area contributed by atoms with Gasteiger partial charge >= 0.3 is 0 Å². The molecule has 0 radical (unpaired) electrons. The van der Waals surface area contributed by atoms with Crippen LogP contribution in [0.15, 0.2) is 125 Å². The summed E-state index contributed by atoms with van der Waals surface area (Å²) in [7, 11) is 0. The van der Waals surface area contributed by atoms with Gasteiger partial charge in [0.15, 0.2) is 5.76 Å². The van der Waals surface area contributed by atoms with Gasteiger partial charge in [0.25, 0.3) is 5.22 Å². The highest BCUT2D eigenvalue weighted by molar-refractivity contribution is 7.99. The number of thioether (sulfide) groups is 1. The first-order valence-corrected chi connectivity index (χ1v) is 19.5. The zero-order chi connectivity index (χ0) is 37.9. The number of hydrogen-bond acceptors (Lipinski definition) is 8. The number of oxazole rings is 1. The van der Waals surface area contributed by atoms with E-state index in [2.05, 4.69) is 50.2 Å². The number of hydrogen-bond donors (Lipinski definition) is 1. The van der Waals surface area contributed by atoms with E-state index in [1.165, 1.54) is 11.1 Å². The fourth-order valence-corrected chi connectivity index (χ4v) is 5.99. The molecule has 2 heterocycles. The third-order valence-electron chi connectivity index (χ3n) is 8.21. The van der Waals surface area contributed by atoms with Crippen molar-refractivity contribution in [2.24, 2.45) is 0 Å². The van der Waals surface area contributed by atoms with E-state index in [0.29, 0.717) is 24.9 Å². The number of aryl methyl sites for hydroxylation is 2. The van der Waals surface area contributed by atoms with Gasteiger partial charge in [0.2, 0.25) is 0 Å². The molecule has 1 saturated heterocycles. The Bertz CT molecular complexity index is 1610. The second-order valence-electron chi connectivity index (χ2n) is 12.6. The predicted octanol–water partition coefficient (Wildman–Crippen LogP) is 10.7. The molecule has 1 aliphatic rings. The van der Waals surface area contributed by atoms with E-state index < -0.39 is 0 Å². The summed E-state index contributed by atoms with van der Waals surface area (Å²) >= 11 is 1.59. The highest BCUT2D eigenvalue weighted by Gasteiger charge is 2.20. The average molecular weight is 738 g/mol. The zero-order valence-electron chi connectivity index (χ0n) is 31.5. The molecule has 1 aliphatic heterocycles. The summed E-state index contributed by atoms with van der Waals surface area (Å²) in [6.45, 7) is 7.17. The maximum absolute atomic E-state index is 10.5. The predicted molar refractivity (Wildman–Crippen MR) is 216 cm³/mol. The van der Waals surface area contributed by atoms with Crippen LogP contribution in [-0.4, -0.2) is 47.4 Å². The molecule has 6 rings (SSSR count). The Hall–Kier alpha value is -4.34. The monoisotopic (exact) mass is 737 g/mol. The molecule has 4 aromatic carbocycles. The molecule has 1 aromatic heterocycles. The molecule has 282 valence electrons. The van der Waals surface area contributed by atoms with E-state index in [1.807, 2.05) is 78.9 Å². The van der Waals surface area contributed by atoms with Crippen molar-refractivity contribution in [2.45, 2.75) is 90.1 Å². The quantitative estimate of drug-likeness (QED) is 0.0683. The summed E-state index contributed by atoms with van der Waals surface area (Å²) in [4.78, 5) is 25.1. The van der Waals surface area contributed by atoms with Crippen LogP contribution in [0.5, 0.6) is 0 Å². The molecule has 0 amide bonds. The summed E-state index contributed by atoms with van der Waals surface area (Å²) < 4.78 is 16.9. The number of carbonyl (C=O) groups excluding carboxylic acids is 2. The van der Waals surface area contributed by atoms with Gasteiger partial charge in [0.05, 0.1) is 19.3 Å². The van der Waals surface area contributed by atoms with Crippen LogP contribution < -0.4 is 0 Å². The normalized spacial score (nSPS) is 13.2. The smallest absolute Gasteiger partial charge is 0.256 e. The van der Waals surface area contributed by atoms with Gasteiger partial charge in [-0.15, -0.1) is 0 Å². The molecule has 1 N–H and O–H groups in total. The fraction of sp³-hybridized carbons (Fsp3) is 0.356. The second kappa shape index (κ2) is 26.4. The van der Waals surface area contributed by atoms with Crippen molar-refractivity contribution >= 4 is 23.8 Å². The van der Waals surface area contributed by atoms with Gasteiger partial charge < -0.3 is 28.6 Å². The standard InChI is InChI=1S/C20H19NO3S.C9H16O2.C9H12.C7H8O/c1-3-7-15(8-4-1)18-19(16-9-5-2-6-10-16)24-20(21-18)25-13-17-11-12-22-14-23-17;1-9(11)7-5-3-2-4-6-8-10;1-3-9-6-4-8(2)5-7-9;8-6-7-4-2-1-3-5-7/h1-10,17H,11-14H2;8H,2-7H2,1H3;4-7H,3H2,1-2H3;1-5,8H,6H2/t17-;;;/m1.../s1. The summed E-state index contributed by atoms with van der Waals surface area (Å²) in [6, 6.07) is 38.4. The number of ketones is 1. The Balaban J connectivity index is 0.000000223. The number of rotatable bonds is 14. The maximum Gasteiger partial charge on any atom is 0.256 e. The summed E-state index contributed by atoms with van der Waals surface area (Å²) in [5.74, 6) is 1.88. The van der Waals surface area contributed by atoms with Gasteiger partial charge in [-0.3, -0.25) is 0 Å². The minimum Gasteiger partial charge on any atom is -0.431 e. The highest BCUT2D eigenvalue weighted by atomic mass is 32.2. The summed E-state index contributed by atoms with van der Waals surface area (Å²) in [5, 5.41) is 9.21. The maximum atomic E-state index is 10.5. The SMILES string of the molecule is CC(=O)CCCCCCC=O.CCc1ccc(C)cc1.OCc1ccccc1.c1ccc(-c2nc(SC[C@H]3CCOCO3)oc2-c2ccccc2)cc1. The molecule has 0 unspecified atom stereocenters. The van der Waals surface area contributed by atoms with Crippen LogP contribution in [0.3, 0.4) is 0 Å². The number of aliphatic hydroxyl groups excluding tert-OH is 1. The van der Waals surface area contributed by atoms with Crippen molar-refractivity contribution in [3.63, 3.8) is 0 Å². The average Bonchev–Trinajstić information content (AvgIpc) is 3.65. The third-order valence-corrected chi connectivity index (χ3v) is 9.17. The zero-order valence-corrected chi connectivity index (χ0v) is 32.3. The molecule has 1 atom stereocenters. The van der Waals surface area contributed by atoms with Crippen molar-refractivity contribution in [3.05, 3.63) is 132 Å². The number of benzene rings is 4. The van der Waals surface area contributed by atoms with Crippen molar-refractivity contribution in [1.29, 1.82) is 0 Å². The molecule has 53 heavy (non-hydrogen) atoms. The highest BCUT2D eigenvalue weighted by Crippen LogP contribution is 2.36. The molecule has 1 fully saturated rings. The number of aromatic nitrogens is 1. The number of aldehydes is 1. The fourth-order valence-electron chi connectivity index (χ4n) is 5.10. The lowest BCUT2D eigenvalue weighted by Gasteiger charge is -2.21. The molecule has 0 aliphatic carbocycles. The second-order valence-corrected chi connectivity index (χ2v) is 13.6.